The standard InChI is InChI=1S/C19H25FN4O2/c1-19(2)10-17(7-8-26-19)23(3)18(25)21-11-14-12-22-24(13-14)16-6-4-5-15(20)9-16/h4-6,9,12-13,17H,7-8,10-11H2,1-3H3,(H,21,25)/t17-/m1/s1. The van der Waals surface area contributed by atoms with Crippen LogP contribution in [0.2, 0.25) is 0 Å². The number of aromatic nitrogens is 2. The molecule has 2 amide bonds. The number of nitrogens with one attached hydrogen (secondary N) is 1. The highest BCUT2D eigenvalue weighted by atomic mass is 19.1. The van der Waals surface area contributed by atoms with Gasteiger partial charge in [-0.2, -0.15) is 5.10 Å². The molecule has 0 spiro atoms. The van der Waals surface area contributed by atoms with Gasteiger partial charge < -0.3 is 15.0 Å². The number of ether oxygens (including phenoxy) is 1. The quantitative estimate of drug-likeness (QED) is 0.911. The molecule has 0 bridgehead atoms. The largest absolute Gasteiger partial charge is 0.375 e. The summed E-state index contributed by atoms with van der Waals surface area (Å²) in [5.41, 5.74) is 1.29. The van der Waals surface area contributed by atoms with Gasteiger partial charge in [0.25, 0.3) is 0 Å². The van der Waals surface area contributed by atoms with Crippen LogP contribution < -0.4 is 5.32 Å². The maximum Gasteiger partial charge on any atom is 0.317 e. The minimum absolute atomic E-state index is 0.119. The SMILES string of the molecule is CN(C(=O)NCc1cnn(-c2cccc(F)c2)c1)[C@@H]1CCOC(C)(C)C1. The average molecular weight is 360 g/mol. The normalized spacial score (nSPS) is 19.2. The predicted octanol–water partition coefficient (Wildman–Crippen LogP) is 3.11. The van der Waals surface area contributed by atoms with Crippen LogP contribution in [0.1, 0.15) is 32.3 Å². The molecule has 7 heteroatoms. The van der Waals surface area contributed by atoms with Gasteiger partial charge in [0.15, 0.2) is 0 Å². The first-order valence-electron chi connectivity index (χ1n) is 8.78. The zero-order chi connectivity index (χ0) is 18.7. The van der Waals surface area contributed by atoms with E-state index in [-0.39, 0.29) is 23.5 Å². The molecule has 1 saturated heterocycles. The van der Waals surface area contributed by atoms with E-state index in [4.69, 9.17) is 4.74 Å². The molecule has 0 aliphatic carbocycles. The van der Waals surface area contributed by atoms with E-state index in [2.05, 4.69) is 10.4 Å². The van der Waals surface area contributed by atoms with Crippen LogP contribution in [-0.2, 0) is 11.3 Å². The maximum absolute atomic E-state index is 13.3. The lowest BCUT2D eigenvalue weighted by molar-refractivity contribution is -0.0744. The Morgan fingerprint density at radius 3 is 3.04 bits per heavy atom. The topological polar surface area (TPSA) is 59.4 Å². The molecule has 3 rings (SSSR count). The lowest BCUT2D eigenvalue weighted by atomic mass is 9.93. The van der Waals surface area contributed by atoms with Gasteiger partial charge in [-0.05, 0) is 44.9 Å². The van der Waals surface area contributed by atoms with Crippen LogP contribution in [0, 0.1) is 5.82 Å². The highest BCUT2D eigenvalue weighted by molar-refractivity contribution is 5.74. The fraction of sp³-hybridized carbons (Fsp3) is 0.474. The van der Waals surface area contributed by atoms with Crippen LogP contribution in [0.5, 0.6) is 0 Å². The molecule has 0 radical (unpaired) electrons. The van der Waals surface area contributed by atoms with Crippen LogP contribution in [0.3, 0.4) is 0 Å². The summed E-state index contributed by atoms with van der Waals surface area (Å²) in [5.74, 6) is -0.311. The molecule has 1 N–H and O–H groups in total. The number of rotatable bonds is 4. The van der Waals surface area contributed by atoms with E-state index in [1.54, 1.807) is 34.1 Å². The molecule has 0 saturated carbocycles. The molecule has 140 valence electrons. The second kappa shape index (κ2) is 7.45. The van der Waals surface area contributed by atoms with Crippen molar-refractivity contribution in [3.05, 3.63) is 48.0 Å². The third-order valence-corrected chi connectivity index (χ3v) is 4.69. The maximum atomic E-state index is 13.3. The Balaban J connectivity index is 1.56. The number of amides is 2. The summed E-state index contributed by atoms with van der Waals surface area (Å²) in [4.78, 5) is 14.2. The summed E-state index contributed by atoms with van der Waals surface area (Å²) in [6, 6.07) is 6.26. The fourth-order valence-corrected chi connectivity index (χ4v) is 3.21. The Bertz CT molecular complexity index is 774. The number of benzene rings is 1. The molecule has 1 aromatic heterocycles. The van der Waals surface area contributed by atoms with E-state index < -0.39 is 0 Å². The number of urea groups is 1. The van der Waals surface area contributed by atoms with Crippen molar-refractivity contribution in [2.24, 2.45) is 0 Å². The molecular weight excluding hydrogens is 335 g/mol. The van der Waals surface area contributed by atoms with Crippen molar-refractivity contribution in [2.45, 2.75) is 44.9 Å². The van der Waals surface area contributed by atoms with Gasteiger partial charge in [-0.25, -0.2) is 13.9 Å². The molecule has 2 heterocycles. The third kappa shape index (κ3) is 4.40. The molecule has 1 aliphatic rings. The summed E-state index contributed by atoms with van der Waals surface area (Å²) in [5, 5.41) is 7.15. The number of hydrogen-bond acceptors (Lipinski definition) is 3. The predicted molar refractivity (Wildman–Crippen MR) is 96.6 cm³/mol. The van der Waals surface area contributed by atoms with E-state index in [0.29, 0.717) is 18.8 Å². The Morgan fingerprint density at radius 2 is 2.31 bits per heavy atom. The second-order valence-corrected chi connectivity index (χ2v) is 7.30. The number of nitrogens with zero attached hydrogens (tertiary/aromatic N) is 3. The molecule has 1 fully saturated rings. The Labute approximate surface area is 152 Å². The minimum Gasteiger partial charge on any atom is -0.375 e. The molecule has 1 aliphatic heterocycles. The van der Waals surface area contributed by atoms with Gasteiger partial charge in [0, 0.05) is 38.0 Å². The number of hydrogen-bond donors (Lipinski definition) is 1. The van der Waals surface area contributed by atoms with Gasteiger partial charge in [0.05, 0.1) is 17.5 Å². The van der Waals surface area contributed by atoms with E-state index >= 15 is 0 Å². The van der Waals surface area contributed by atoms with Gasteiger partial charge in [-0.15, -0.1) is 0 Å². The lowest BCUT2D eigenvalue weighted by Crippen LogP contribution is -2.49. The Kier molecular flexibility index (Phi) is 5.27. The van der Waals surface area contributed by atoms with Gasteiger partial charge >= 0.3 is 6.03 Å². The van der Waals surface area contributed by atoms with Crippen molar-refractivity contribution < 1.29 is 13.9 Å². The number of carbonyl (C=O) groups is 1. The highest BCUT2D eigenvalue weighted by Gasteiger charge is 2.32. The van der Waals surface area contributed by atoms with Crippen molar-refractivity contribution >= 4 is 6.03 Å². The first kappa shape index (κ1) is 18.4. The van der Waals surface area contributed by atoms with E-state index in [0.717, 1.165) is 18.4 Å². The molecule has 1 atom stereocenters. The van der Waals surface area contributed by atoms with Crippen molar-refractivity contribution in [1.82, 2.24) is 20.0 Å². The van der Waals surface area contributed by atoms with Crippen LogP contribution in [0.25, 0.3) is 5.69 Å². The van der Waals surface area contributed by atoms with Crippen molar-refractivity contribution in [3.8, 4) is 5.69 Å². The van der Waals surface area contributed by atoms with Gasteiger partial charge in [0.1, 0.15) is 5.82 Å². The van der Waals surface area contributed by atoms with Gasteiger partial charge in [0.2, 0.25) is 0 Å². The van der Waals surface area contributed by atoms with Crippen molar-refractivity contribution in [1.29, 1.82) is 0 Å². The van der Waals surface area contributed by atoms with E-state index in [1.807, 2.05) is 20.9 Å². The monoisotopic (exact) mass is 360 g/mol. The van der Waals surface area contributed by atoms with Gasteiger partial charge in [-0.1, -0.05) is 6.07 Å². The third-order valence-electron chi connectivity index (χ3n) is 4.69. The first-order chi connectivity index (χ1) is 12.3. The minimum atomic E-state index is -0.311. The summed E-state index contributed by atoms with van der Waals surface area (Å²) in [6.45, 7) is 5.12. The van der Waals surface area contributed by atoms with Crippen LogP contribution in [0.15, 0.2) is 36.7 Å². The van der Waals surface area contributed by atoms with Crippen LogP contribution >= 0.6 is 0 Å². The zero-order valence-corrected chi connectivity index (χ0v) is 15.4. The second-order valence-electron chi connectivity index (χ2n) is 7.30. The molecule has 2 aromatic rings. The Morgan fingerprint density at radius 1 is 1.50 bits per heavy atom. The van der Waals surface area contributed by atoms with Gasteiger partial charge in [-0.3, -0.25) is 0 Å². The fourth-order valence-electron chi connectivity index (χ4n) is 3.21. The van der Waals surface area contributed by atoms with Crippen molar-refractivity contribution in [2.75, 3.05) is 13.7 Å². The summed E-state index contributed by atoms with van der Waals surface area (Å²) < 4.78 is 20.6. The first-order valence-corrected chi connectivity index (χ1v) is 8.78. The van der Waals surface area contributed by atoms with Crippen molar-refractivity contribution in [3.63, 3.8) is 0 Å². The van der Waals surface area contributed by atoms with Crippen LogP contribution in [0.4, 0.5) is 9.18 Å². The van der Waals surface area contributed by atoms with Crippen LogP contribution in [-0.4, -0.2) is 46.0 Å². The number of carbonyl (C=O) groups excluding carboxylic acids is 1. The van der Waals surface area contributed by atoms with E-state index in [1.165, 1.54) is 12.1 Å². The molecular formula is C19H25FN4O2. The van der Waals surface area contributed by atoms with E-state index in [9.17, 15) is 9.18 Å². The average Bonchev–Trinajstić information content (AvgIpc) is 3.07. The molecule has 1 aromatic carbocycles. The highest BCUT2D eigenvalue weighted by Crippen LogP contribution is 2.26. The molecule has 6 nitrogen and oxygen atoms in total. The smallest absolute Gasteiger partial charge is 0.317 e. The Hall–Kier alpha value is -2.41. The summed E-state index contributed by atoms with van der Waals surface area (Å²) in [6.07, 6.45) is 5.11. The molecule has 0 unspecified atom stereocenters. The number of halogens is 1. The summed E-state index contributed by atoms with van der Waals surface area (Å²) in [7, 11) is 1.82. The summed E-state index contributed by atoms with van der Waals surface area (Å²) >= 11 is 0. The molecule has 26 heavy (non-hydrogen) atoms. The lowest BCUT2D eigenvalue weighted by Gasteiger charge is -2.39. The zero-order valence-electron chi connectivity index (χ0n) is 15.4.